The third-order valence-electron chi connectivity index (χ3n) is 3.80. The van der Waals surface area contributed by atoms with Gasteiger partial charge in [-0.3, -0.25) is 0 Å². The Bertz CT molecular complexity index is 517. The number of nitrogens with zero attached hydrogens (tertiary/aromatic N) is 1. The Morgan fingerprint density at radius 1 is 1.33 bits per heavy atom. The quantitative estimate of drug-likeness (QED) is 0.608. The number of rotatable bonds is 11. The fourth-order valence-corrected chi connectivity index (χ4v) is 2.14. The summed E-state index contributed by atoms with van der Waals surface area (Å²) in [6.45, 7) is 12.4. The van der Waals surface area contributed by atoms with Gasteiger partial charge in [0.2, 0.25) is 0 Å². The van der Waals surface area contributed by atoms with Gasteiger partial charge in [0.1, 0.15) is 12.7 Å². The number of aliphatic hydroxyl groups excluding tert-OH is 1. The standard InChI is InChI=1S/C19H32N2O3/c1-14(2)10-20-11-16-7-8-18(19(9-16)23-6)24-13-17(22)12-21(5)15(3)4/h7-9,15,17,20,22H,1,10-13H2,2-6H3/t17-/m1/s1. The van der Waals surface area contributed by atoms with Gasteiger partial charge >= 0.3 is 0 Å². The molecular formula is C19H32N2O3. The Kier molecular flexibility index (Phi) is 8.82. The molecule has 0 bridgehead atoms. The van der Waals surface area contributed by atoms with Crippen LogP contribution in [0.4, 0.5) is 0 Å². The summed E-state index contributed by atoms with van der Waals surface area (Å²) in [4.78, 5) is 2.08. The number of hydrogen-bond donors (Lipinski definition) is 2. The molecule has 0 heterocycles. The van der Waals surface area contributed by atoms with Crippen molar-refractivity contribution in [2.24, 2.45) is 0 Å². The van der Waals surface area contributed by atoms with Gasteiger partial charge in [0.05, 0.1) is 7.11 Å². The van der Waals surface area contributed by atoms with E-state index in [4.69, 9.17) is 9.47 Å². The van der Waals surface area contributed by atoms with E-state index in [0.29, 0.717) is 24.1 Å². The van der Waals surface area contributed by atoms with E-state index in [1.807, 2.05) is 32.2 Å². The SMILES string of the molecule is C=C(C)CNCc1ccc(OC[C@H](O)CN(C)C(C)C)c(OC)c1. The summed E-state index contributed by atoms with van der Waals surface area (Å²) in [5.74, 6) is 1.32. The number of methoxy groups -OCH3 is 1. The van der Waals surface area contributed by atoms with Gasteiger partial charge < -0.3 is 24.8 Å². The van der Waals surface area contributed by atoms with E-state index in [1.54, 1.807) is 7.11 Å². The van der Waals surface area contributed by atoms with E-state index in [9.17, 15) is 5.11 Å². The maximum absolute atomic E-state index is 10.1. The summed E-state index contributed by atoms with van der Waals surface area (Å²) in [5.41, 5.74) is 2.21. The summed E-state index contributed by atoms with van der Waals surface area (Å²) >= 11 is 0. The van der Waals surface area contributed by atoms with Crippen molar-refractivity contribution in [1.29, 1.82) is 0 Å². The van der Waals surface area contributed by atoms with Gasteiger partial charge in [-0.25, -0.2) is 0 Å². The molecular weight excluding hydrogens is 304 g/mol. The highest BCUT2D eigenvalue weighted by atomic mass is 16.5. The first kappa shape index (κ1) is 20.5. The molecule has 0 amide bonds. The monoisotopic (exact) mass is 336 g/mol. The van der Waals surface area contributed by atoms with Crippen molar-refractivity contribution in [3.63, 3.8) is 0 Å². The molecule has 24 heavy (non-hydrogen) atoms. The second kappa shape index (κ2) is 10.3. The van der Waals surface area contributed by atoms with E-state index < -0.39 is 6.10 Å². The lowest BCUT2D eigenvalue weighted by Gasteiger charge is -2.24. The third kappa shape index (κ3) is 7.34. The smallest absolute Gasteiger partial charge is 0.161 e. The predicted molar refractivity (Wildman–Crippen MR) is 98.8 cm³/mol. The van der Waals surface area contributed by atoms with Crippen molar-refractivity contribution in [3.8, 4) is 11.5 Å². The Balaban J connectivity index is 2.57. The van der Waals surface area contributed by atoms with Crippen molar-refractivity contribution < 1.29 is 14.6 Å². The average Bonchev–Trinajstić information content (AvgIpc) is 2.52. The number of benzene rings is 1. The van der Waals surface area contributed by atoms with Crippen LogP contribution >= 0.6 is 0 Å². The minimum absolute atomic E-state index is 0.237. The van der Waals surface area contributed by atoms with Gasteiger partial charge in [0.25, 0.3) is 0 Å². The molecule has 0 saturated heterocycles. The highest BCUT2D eigenvalue weighted by Crippen LogP contribution is 2.28. The van der Waals surface area contributed by atoms with Crippen LogP contribution in [-0.2, 0) is 6.54 Å². The molecule has 1 atom stereocenters. The number of ether oxygens (including phenoxy) is 2. The lowest BCUT2D eigenvalue weighted by molar-refractivity contribution is 0.0668. The molecule has 0 aliphatic rings. The van der Waals surface area contributed by atoms with Crippen LogP contribution in [0.15, 0.2) is 30.4 Å². The largest absolute Gasteiger partial charge is 0.493 e. The fraction of sp³-hybridized carbons (Fsp3) is 0.579. The fourth-order valence-electron chi connectivity index (χ4n) is 2.14. The van der Waals surface area contributed by atoms with Gasteiger partial charge in [-0.15, -0.1) is 0 Å². The summed E-state index contributed by atoms with van der Waals surface area (Å²) in [6, 6.07) is 6.22. The zero-order valence-corrected chi connectivity index (χ0v) is 15.6. The molecule has 2 N–H and O–H groups in total. The summed E-state index contributed by atoms with van der Waals surface area (Å²) < 4.78 is 11.1. The van der Waals surface area contributed by atoms with Crippen LogP contribution in [0, 0.1) is 0 Å². The predicted octanol–water partition coefficient (Wildman–Crippen LogP) is 2.44. The van der Waals surface area contributed by atoms with Crippen molar-refractivity contribution in [2.75, 3.05) is 33.9 Å². The molecule has 0 aliphatic carbocycles. The molecule has 0 aliphatic heterocycles. The molecule has 136 valence electrons. The molecule has 5 nitrogen and oxygen atoms in total. The van der Waals surface area contributed by atoms with Crippen LogP contribution in [0.25, 0.3) is 0 Å². The number of aliphatic hydroxyl groups is 1. The molecule has 0 radical (unpaired) electrons. The van der Waals surface area contributed by atoms with Crippen LogP contribution in [0.3, 0.4) is 0 Å². The van der Waals surface area contributed by atoms with E-state index in [-0.39, 0.29) is 6.61 Å². The maximum Gasteiger partial charge on any atom is 0.161 e. The molecule has 0 saturated carbocycles. The Hall–Kier alpha value is -1.56. The maximum atomic E-state index is 10.1. The minimum atomic E-state index is -0.543. The third-order valence-corrected chi connectivity index (χ3v) is 3.80. The van der Waals surface area contributed by atoms with E-state index in [2.05, 4.69) is 30.6 Å². The molecule has 0 spiro atoms. The van der Waals surface area contributed by atoms with Crippen molar-refractivity contribution in [3.05, 3.63) is 35.9 Å². The van der Waals surface area contributed by atoms with E-state index in [0.717, 1.165) is 24.2 Å². The summed E-state index contributed by atoms with van der Waals surface area (Å²) in [5, 5.41) is 13.4. The topological polar surface area (TPSA) is 54.0 Å². The van der Waals surface area contributed by atoms with Crippen molar-refractivity contribution in [2.45, 2.75) is 39.5 Å². The first-order valence-electron chi connectivity index (χ1n) is 8.36. The van der Waals surface area contributed by atoms with Gasteiger partial charge in [0, 0.05) is 25.7 Å². The Morgan fingerprint density at radius 2 is 2.04 bits per heavy atom. The molecule has 1 aromatic rings. The molecule has 0 aromatic heterocycles. The number of nitrogens with one attached hydrogen (secondary N) is 1. The van der Waals surface area contributed by atoms with E-state index in [1.165, 1.54) is 0 Å². The van der Waals surface area contributed by atoms with Gasteiger partial charge in [0.15, 0.2) is 11.5 Å². The molecule has 5 heteroatoms. The van der Waals surface area contributed by atoms with Gasteiger partial charge in [-0.1, -0.05) is 18.2 Å². The summed E-state index contributed by atoms with van der Waals surface area (Å²) in [7, 11) is 3.61. The van der Waals surface area contributed by atoms with Crippen molar-refractivity contribution >= 4 is 0 Å². The lowest BCUT2D eigenvalue weighted by atomic mass is 10.2. The highest BCUT2D eigenvalue weighted by Gasteiger charge is 2.13. The Labute approximate surface area is 146 Å². The molecule has 0 unspecified atom stereocenters. The molecule has 0 fully saturated rings. The molecule has 1 rings (SSSR count). The Morgan fingerprint density at radius 3 is 2.62 bits per heavy atom. The second-order valence-electron chi connectivity index (χ2n) is 6.54. The number of hydrogen-bond acceptors (Lipinski definition) is 5. The number of likely N-dealkylation sites (N-methyl/N-ethyl adjacent to an activating group) is 1. The van der Waals surface area contributed by atoms with Gasteiger partial charge in [-0.2, -0.15) is 0 Å². The lowest BCUT2D eigenvalue weighted by Crippen LogP contribution is -2.36. The van der Waals surface area contributed by atoms with Crippen LogP contribution < -0.4 is 14.8 Å². The van der Waals surface area contributed by atoms with Crippen molar-refractivity contribution in [1.82, 2.24) is 10.2 Å². The van der Waals surface area contributed by atoms with Gasteiger partial charge in [-0.05, 0) is 45.5 Å². The van der Waals surface area contributed by atoms with Crippen LogP contribution in [0.1, 0.15) is 26.3 Å². The van der Waals surface area contributed by atoms with Crippen LogP contribution in [0.5, 0.6) is 11.5 Å². The zero-order chi connectivity index (χ0) is 18.1. The summed E-state index contributed by atoms with van der Waals surface area (Å²) in [6.07, 6.45) is -0.543. The second-order valence-corrected chi connectivity index (χ2v) is 6.54. The van der Waals surface area contributed by atoms with E-state index >= 15 is 0 Å². The minimum Gasteiger partial charge on any atom is -0.493 e. The van der Waals surface area contributed by atoms with Crippen LogP contribution in [-0.4, -0.2) is 56.0 Å². The first-order chi connectivity index (χ1) is 11.3. The highest BCUT2D eigenvalue weighted by molar-refractivity contribution is 5.43. The zero-order valence-electron chi connectivity index (χ0n) is 15.6. The average molecular weight is 336 g/mol. The molecule has 1 aromatic carbocycles. The van der Waals surface area contributed by atoms with Crippen LogP contribution in [0.2, 0.25) is 0 Å². The normalized spacial score (nSPS) is 12.5. The first-order valence-corrected chi connectivity index (χ1v) is 8.36.